The van der Waals surface area contributed by atoms with Crippen LogP contribution in [0.15, 0.2) is 23.8 Å². The molecule has 0 radical (unpaired) electrons. The lowest BCUT2D eigenvalue weighted by Gasteiger charge is -2.24. The molecular weight excluding hydrogens is 238 g/mol. The van der Waals surface area contributed by atoms with Crippen molar-refractivity contribution in [3.8, 4) is 0 Å². The molecular formula is C16H25NO2. The number of rotatable bonds is 5. The van der Waals surface area contributed by atoms with E-state index in [1.165, 1.54) is 18.4 Å². The summed E-state index contributed by atoms with van der Waals surface area (Å²) in [6.45, 7) is 4.81. The Bertz CT molecular complexity index is 382. The van der Waals surface area contributed by atoms with Crippen LogP contribution >= 0.6 is 0 Å². The van der Waals surface area contributed by atoms with Gasteiger partial charge in [-0.25, -0.2) is 0 Å². The number of amides is 1. The summed E-state index contributed by atoms with van der Waals surface area (Å²) in [6.07, 6.45) is 10.9. The van der Waals surface area contributed by atoms with Crippen LogP contribution in [-0.2, 0) is 4.79 Å². The highest BCUT2D eigenvalue weighted by molar-refractivity contribution is 5.81. The van der Waals surface area contributed by atoms with Crippen LogP contribution < -0.4 is 0 Å². The highest BCUT2D eigenvalue weighted by Gasteiger charge is 2.32. The zero-order chi connectivity index (χ0) is 13.8. The lowest BCUT2D eigenvalue weighted by Crippen LogP contribution is -2.33. The third kappa shape index (κ3) is 3.93. The molecule has 0 aromatic rings. The standard InChI is InChI=1S/C16H25NO2/c1-12-5-6-14(13(2)10-12)4-3-9-17(11-18)16(19)15-7-8-15/h3-4,10,13-15,18H,5-9,11H2,1-2H3/b4-3-. The molecule has 106 valence electrons. The summed E-state index contributed by atoms with van der Waals surface area (Å²) in [5.41, 5.74) is 1.48. The number of carbonyl (C=O) groups is 1. The molecule has 1 N–H and O–H groups in total. The fourth-order valence-electron chi connectivity index (χ4n) is 2.75. The van der Waals surface area contributed by atoms with Crippen LogP contribution in [0.2, 0.25) is 0 Å². The zero-order valence-electron chi connectivity index (χ0n) is 12.0. The van der Waals surface area contributed by atoms with E-state index < -0.39 is 0 Å². The van der Waals surface area contributed by atoms with E-state index in [1.54, 1.807) is 4.90 Å². The summed E-state index contributed by atoms with van der Waals surface area (Å²) >= 11 is 0. The highest BCUT2D eigenvalue weighted by atomic mass is 16.3. The van der Waals surface area contributed by atoms with Crippen molar-refractivity contribution in [1.29, 1.82) is 0 Å². The summed E-state index contributed by atoms with van der Waals surface area (Å²) in [5, 5.41) is 9.26. The second-order valence-corrected chi connectivity index (χ2v) is 5.98. The highest BCUT2D eigenvalue weighted by Crippen LogP contribution is 2.31. The molecule has 0 heterocycles. The van der Waals surface area contributed by atoms with E-state index >= 15 is 0 Å². The van der Waals surface area contributed by atoms with Crippen molar-refractivity contribution in [3.63, 3.8) is 0 Å². The van der Waals surface area contributed by atoms with Gasteiger partial charge < -0.3 is 10.0 Å². The normalized spacial score (nSPS) is 27.4. The van der Waals surface area contributed by atoms with E-state index in [0.717, 1.165) is 12.8 Å². The van der Waals surface area contributed by atoms with Gasteiger partial charge in [0.1, 0.15) is 6.73 Å². The molecule has 2 atom stereocenters. The van der Waals surface area contributed by atoms with Crippen LogP contribution in [0.3, 0.4) is 0 Å². The molecule has 1 saturated carbocycles. The fourth-order valence-corrected chi connectivity index (χ4v) is 2.75. The fraction of sp³-hybridized carbons (Fsp3) is 0.688. The van der Waals surface area contributed by atoms with E-state index in [0.29, 0.717) is 18.4 Å². The van der Waals surface area contributed by atoms with Crippen LogP contribution in [-0.4, -0.2) is 29.2 Å². The molecule has 0 aliphatic heterocycles. The van der Waals surface area contributed by atoms with Crippen LogP contribution in [0.5, 0.6) is 0 Å². The Balaban J connectivity index is 1.83. The van der Waals surface area contributed by atoms with Gasteiger partial charge in [0.25, 0.3) is 0 Å². The molecule has 2 aliphatic rings. The molecule has 0 bridgehead atoms. The van der Waals surface area contributed by atoms with E-state index in [1.807, 2.05) is 6.08 Å². The SMILES string of the molecule is CC1=CC(C)C(/C=C\CN(CO)C(=O)C2CC2)CC1. The number of carbonyl (C=O) groups excluding carboxylic acids is 1. The first-order valence-electron chi connectivity index (χ1n) is 7.35. The summed E-state index contributed by atoms with van der Waals surface area (Å²) in [7, 11) is 0. The summed E-state index contributed by atoms with van der Waals surface area (Å²) < 4.78 is 0. The van der Waals surface area contributed by atoms with E-state index in [-0.39, 0.29) is 18.6 Å². The van der Waals surface area contributed by atoms with Gasteiger partial charge in [-0.15, -0.1) is 0 Å². The maximum absolute atomic E-state index is 11.8. The monoisotopic (exact) mass is 263 g/mol. The van der Waals surface area contributed by atoms with Crippen molar-refractivity contribution in [2.24, 2.45) is 17.8 Å². The molecule has 0 aromatic carbocycles. The van der Waals surface area contributed by atoms with Crippen LogP contribution in [0.25, 0.3) is 0 Å². The molecule has 1 fully saturated rings. The smallest absolute Gasteiger partial charge is 0.227 e. The Morgan fingerprint density at radius 1 is 1.47 bits per heavy atom. The third-order valence-corrected chi connectivity index (χ3v) is 4.21. The average molecular weight is 263 g/mol. The molecule has 19 heavy (non-hydrogen) atoms. The molecule has 2 rings (SSSR count). The summed E-state index contributed by atoms with van der Waals surface area (Å²) in [5.74, 6) is 1.44. The Hall–Kier alpha value is -1.09. The lowest BCUT2D eigenvalue weighted by atomic mass is 9.82. The van der Waals surface area contributed by atoms with Crippen molar-refractivity contribution >= 4 is 5.91 Å². The van der Waals surface area contributed by atoms with Gasteiger partial charge in [0.15, 0.2) is 0 Å². The zero-order valence-corrected chi connectivity index (χ0v) is 12.0. The van der Waals surface area contributed by atoms with Gasteiger partial charge in [-0.05, 0) is 44.4 Å². The average Bonchev–Trinajstić information content (AvgIpc) is 3.20. The Morgan fingerprint density at radius 3 is 2.79 bits per heavy atom. The topological polar surface area (TPSA) is 40.5 Å². The van der Waals surface area contributed by atoms with Crippen LogP contribution in [0, 0.1) is 17.8 Å². The minimum atomic E-state index is -0.168. The predicted molar refractivity (Wildman–Crippen MR) is 76.3 cm³/mol. The van der Waals surface area contributed by atoms with Gasteiger partial charge in [-0.1, -0.05) is 30.7 Å². The maximum atomic E-state index is 11.8. The second-order valence-electron chi connectivity index (χ2n) is 5.98. The van der Waals surface area contributed by atoms with E-state index in [4.69, 9.17) is 0 Å². The number of hydrogen-bond acceptors (Lipinski definition) is 2. The Morgan fingerprint density at radius 2 is 2.21 bits per heavy atom. The molecule has 1 amide bonds. The van der Waals surface area contributed by atoms with Crippen molar-refractivity contribution < 1.29 is 9.90 Å². The molecule has 2 unspecified atom stereocenters. The number of hydrogen-bond donors (Lipinski definition) is 1. The van der Waals surface area contributed by atoms with Crippen molar-refractivity contribution in [2.75, 3.05) is 13.3 Å². The van der Waals surface area contributed by atoms with Gasteiger partial charge in [0.2, 0.25) is 5.91 Å². The molecule has 0 aromatic heterocycles. The van der Waals surface area contributed by atoms with Crippen molar-refractivity contribution in [1.82, 2.24) is 4.90 Å². The number of aliphatic hydroxyl groups excluding tert-OH is 1. The molecule has 3 nitrogen and oxygen atoms in total. The largest absolute Gasteiger partial charge is 0.376 e. The van der Waals surface area contributed by atoms with Crippen LogP contribution in [0.1, 0.15) is 39.5 Å². The van der Waals surface area contributed by atoms with Crippen LogP contribution in [0.4, 0.5) is 0 Å². The number of aliphatic hydroxyl groups is 1. The second kappa shape index (κ2) is 6.38. The minimum Gasteiger partial charge on any atom is -0.376 e. The molecule has 2 aliphatic carbocycles. The summed E-state index contributed by atoms with van der Waals surface area (Å²) in [4.78, 5) is 13.4. The van der Waals surface area contributed by atoms with Gasteiger partial charge in [0.05, 0.1) is 0 Å². The summed E-state index contributed by atoms with van der Waals surface area (Å²) in [6, 6.07) is 0. The number of nitrogens with zero attached hydrogens (tertiary/aromatic N) is 1. The van der Waals surface area contributed by atoms with Crippen molar-refractivity contribution in [2.45, 2.75) is 39.5 Å². The Kier molecular flexibility index (Phi) is 4.81. The van der Waals surface area contributed by atoms with Gasteiger partial charge in [-0.3, -0.25) is 4.79 Å². The van der Waals surface area contributed by atoms with Crippen molar-refractivity contribution in [3.05, 3.63) is 23.8 Å². The molecule has 3 heteroatoms. The number of allylic oxidation sites excluding steroid dienone is 3. The van der Waals surface area contributed by atoms with Gasteiger partial charge in [0, 0.05) is 12.5 Å². The predicted octanol–water partition coefficient (Wildman–Crippen LogP) is 2.72. The lowest BCUT2D eigenvalue weighted by molar-refractivity contribution is -0.135. The third-order valence-electron chi connectivity index (χ3n) is 4.21. The van der Waals surface area contributed by atoms with E-state index in [9.17, 15) is 9.90 Å². The first-order valence-corrected chi connectivity index (χ1v) is 7.35. The maximum Gasteiger partial charge on any atom is 0.227 e. The first kappa shape index (κ1) is 14.3. The minimum absolute atomic E-state index is 0.111. The Labute approximate surface area is 116 Å². The van der Waals surface area contributed by atoms with Gasteiger partial charge >= 0.3 is 0 Å². The van der Waals surface area contributed by atoms with Gasteiger partial charge in [-0.2, -0.15) is 0 Å². The van der Waals surface area contributed by atoms with E-state index in [2.05, 4.69) is 26.0 Å². The first-order chi connectivity index (χ1) is 9.11. The molecule has 0 spiro atoms. The quantitative estimate of drug-likeness (QED) is 0.612. The molecule has 0 saturated heterocycles.